The van der Waals surface area contributed by atoms with E-state index in [4.69, 9.17) is 10.5 Å². The highest BCUT2D eigenvalue weighted by Crippen LogP contribution is 2.31. The van der Waals surface area contributed by atoms with Gasteiger partial charge in [0.2, 0.25) is 5.91 Å². The van der Waals surface area contributed by atoms with Crippen molar-refractivity contribution in [3.05, 3.63) is 23.6 Å². The Balaban J connectivity index is 2.12. The lowest BCUT2D eigenvalue weighted by Crippen LogP contribution is -2.57. The summed E-state index contributed by atoms with van der Waals surface area (Å²) in [7, 11) is 0. The van der Waals surface area contributed by atoms with Crippen molar-refractivity contribution in [1.29, 1.82) is 0 Å². The van der Waals surface area contributed by atoms with Gasteiger partial charge in [0.05, 0.1) is 18.8 Å². The van der Waals surface area contributed by atoms with Gasteiger partial charge >= 0.3 is 0 Å². The van der Waals surface area contributed by atoms with Gasteiger partial charge in [-0.2, -0.15) is 0 Å². The lowest BCUT2D eigenvalue weighted by atomic mass is 9.81. The Bertz CT molecular complexity index is 617. The molecule has 2 aliphatic rings. The fourth-order valence-electron chi connectivity index (χ4n) is 3.90. The summed E-state index contributed by atoms with van der Waals surface area (Å²) in [5.41, 5.74) is 5.87. The highest BCUT2D eigenvalue weighted by atomic mass is 16.5. The molecule has 0 aromatic heterocycles. The molecule has 0 saturated heterocycles. The predicted molar refractivity (Wildman–Crippen MR) is 117 cm³/mol. The number of hydrogen-bond donors (Lipinski definition) is 4. The number of carbonyl (C=O) groups is 1. The number of nitrogens with two attached hydrogens (primary N) is 1. The van der Waals surface area contributed by atoms with Crippen LogP contribution in [0.2, 0.25) is 0 Å². The average molecular weight is 408 g/mol. The molecule has 166 valence electrons. The van der Waals surface area contributed by atoms with E-state index in [1.165, 1.54) is 0 Å². The molecule has 1 aliphatic carbocycles. The molecule has 1 fully saturated rings. The molecule has 1 unspecified atom stereocenters. The summed E-state index contributed by atoms with van der Waals surface area (Å²) in [4.78, 5) is 13.0. The maximum atomic E-state index is 13.0. The van der Waals surface area contributed by atoms with Gasteiger partial charge < -0.3 is 20.9 Å². The van der Waals surface area contributed by atoms with Crippen molar-refractivity contribution in [2.45, 2.75) is 90.8 Å². The molecule has 29 heavy (non-hydrogen) atoms. The summed E-state index contributed by atoms with van der Waals surface area (Å²) in [5, 5.41) is 16.3. The number of aliphatic hydroxyl groups excluding tert-OH is 1. The summed E-state index contributed by atoms with van der Waals surface area (Å²) in [6.45, 7) is 10.6. The highest BCUT2D eigenvalue weighted by molar-refractivity contribution is 5.86. The van der Waals surface area contributed by atoms with Gasteiger partial charge in [0.1, 0.15) is 0 Å². The standard InChI is InChI=1S/C23H41N3O3/c1-6-16-11-12-29-20(14-17(13-16)22(2,3)15-27)25-21(28)23(4,5)26-19-9-7-18(24)8-10-19/h13-14,16,18-19,26-27H,6-12,15,24H2,1-5H3,(H,25,28). The van der Waals surface area contributed by atoms with Gasteiger partial charge in [0.25, 0.3) is 0 Å². The van der Waals surface area contributed by atoms with Crippen molar-refractivity contribution in [1.82, 2.24) is 10.6 Å². The van der Waals surface area contributed by atoms with Crippen molar-refractivity contribution in [3.8, 4) is 0 Å². The van der Waals surface area contributed by atoms with Gasteiger partial charge in [-0.05, 0) is 63.9 Å². The molecule has 2 rings (SSSR count). The summed E-state index contributed by atoms with van der Waals surface area (Å²) in [6, 6.07) is 0.586. The minimum absolute atomic E-state index is 0.0316. The van der Waals surface area contributed by atoms with E-state index in [2.05, 4.69) is 23.6 Å². The van der Waals surface area contributed by atoms with Crippen LogP contribution < -0.4 is 16.4 Å². The maximum absolute atomic E-state index is 13.0. The van der Waals surface area contributed by atoms with Crippen LogP contribution in [-0.2, 0) is 9.53 Å². The molecule has 0 aromatic rings. The van der Waals surface area contributed by atoms with Gasteiger partial charge in [-0.15, -0.1) is 0 Å². The number of nitrogens with one attached hydrogen (secondary N) is 2. The molecule has 5 N–H and O–H groups in total. The van der Waals surface area contributed by atoms with Crippen LogP contribution in [-0.4, -0.2) is 41.9 Å². The summed E-state index contributed by atoms with van der Waals surface area (Å²) < 4.78 is 5.92. The zero-order valence-electron chi connectivity index (χ0n) is 18.9. The first-order chi connectivity index (χ1) is 13.6. The monoisotopic (exact) mass is 407 g/mol. The molecule has 6 nitrogen and oxygen atoms in total. The van der Waals surface area contributed by atoms with Gasteiger partial charge in [-0.25, -0.2) is 0 Å². The van der Waals surface area contributed by atoms with Crippen LogP contribution in [0.25, 0.3) is 0 Å². The number of aliphatic hydroxyl groups is 1. The molecule has 1 saturated carbocycles. The Kier molecular flexibility index (Phi) is 8.32. The number of rotatable bonds is 7. The van der Waals surface area contributed by atoms with E-state index >= 15 is 0 Å². The lowest BCUT2D eigenvalue weighted by molar-refractivity contribution is -0.127. The van der Waals surface area contributed by atoms with Crippen molar-refractivity contribution >= 4 is 5.91 Å². The van der Waals surface area contributed by atoms with E-state index in [0.29, 0.717) is 24.4 Å². The summed E-state index contributed by atoms with van der Waals surface area (Å²) in [6.07, 6.45) is 9.98. The first-order valence-corrected chi connectivity index (χ1v) is 11.1. The van der Waals surface area contributed by atoms with E-state index in [-0.39, 0.29) is 18.6 Å². The van der Waals surface area contributed by atoms with E-state index in [1.807, 2.05) is 33.8 Å². The molecule has 0 spiro atoms. The topological polar surface area (TPSA) is 96.6 Å². The molecule has 0 bridgehead atoms. The fourth-order valence-corrected chi connectivity index (χ4v) is 3.90. The number of ether oxygens (including phenoxy) is 1. The second-order valence-corrected chi connectivity index (χ2v) is 9.81. The quantitative estimate of drug-likeness (QED) is 0.520. The molecule has 1 atom stereocenters. The predicted octanol–water partition coefficient (Wildman–Crippen LogP) is 2.97. The minimum atomic E-state index is -0.721. The van der Waals surface area contributed by atoms with Crippen molar-refractivity contribution in [3.63, 3.8) is 0 Å². The molecule has 1 heterocycles. The molecule has 1 amide bonds. The lowest BCUT2D eigenvalue weighted by Gasteiger charge is -2.35. The third-order valence-corrected chi connectivity index (χ3v) is 6.29. The molecule has 1 aliphatic heterocycles. The highest BCUT2D eigenvalue weighted by Gasteiger charge is 2.33. The minimum Gasteiger partial charge on any atom is -0.479 e. The molecule has 0 radical (unpaired) electrons. The Labute approximate surface area is 176 Å². The van der Waals surface area contributed by atoms with Gasteiger partial charge in [0, 0.05) is 23.6 Å². The second kappa shape index (κ2) is 10.1. The average Bonchev–Trinajstić information content (AvgIpc) is 2.65. The first-order valence-electron chi connectivity index (χ1n) is 11.1. The number of allylic oxidation sites excluding steroid dienone is 2. The smallest absolute Gasteiger partial charge is 0.246 e. The molecular weight excluding hydrogens is 366 g/mol. The van der Waals surface area contributed by atoms with Gasteiger partial charge in [0.15, 0.2) is 5.88 Å². The van der Waals surface area contributed by atoms with Crippen LogP contribution in [0, 0.1) is 11.3 Å². The van der Waals surface area contributed by atoms with E-state index in [9.17, 15) is 9.90 Å². The van der Waals surface area contributed by atoms with Crippen LogP contribution in [0.5, 0.6) is 0 Å². The van der Waals surface area contributed by atoms with Crippen molar-refractivity contribution < 1.29 is 14.6 Å². The zero-order valence-corrected chi connectivity index (χ0v) is 18.9. The van der Waals surface area contributed by atoms with E-state index in [1.54, 1.807) is 0 Å². The van der Waals surface area contributed by atoms with Crippen molar-refractivity contribution in [2.24, 2.45) is 17.1 Å². The fraction of sp³-hybridized carbons (Fsp3) is 0.783. The van der Waals surface area contributed by atoms with Crippen LogP contribution in [0.15, 0.2) is 23.6 Å². The van der Waals surface area contributed by atoms with Crippen LogP contribution in [0.3, 0.4) is 0 Å². The third-order valence-electron chi connectivity index (χ3n) is 6.29. The Hall–Kier alpha value is -1.37. The Morgan fingerprint density at radius 3 is 2.45 bits per heavy atom. The third kappa shape index (κ3) is 6.83. The van der Waals surface area contributed by atoms with Crippen LogP contribution >= 0.6 is 0 Å². The number of amides is 1. The van der Waals surface area contributed by atoms with Crippen molar-refractivity contribution in [2.75, 3.05) is 13.2 Å². The Morgan fingerprint density at radius 2 is 1.86 bits per heavy atom. The molecular formula is C23H41N3O3. The largest absolute Gasteiger partial charge is 0.479 e. The SMILES string of the molecule is CCC1C=C(C(C)(C)CO)C=C(NC(=O)C(C)(C)NC2CCC(N)CC2)OCC1. The number of hydrogen-bond acceptors (Lipinski definition) is 5. The zero-order chi connectivity index (χ0) is 21.7. The van der Waals surface area contributed by atoms with E-state index in [0.717, 1.165) is 44.1 Å². The summed E-state index contributed by atoms with van der Waals surface area (Å²) >= 11 is 0. The van der Waals surface area contributed by atoms with Gasteiger partial charge in [-0.3, -0.25) is 10.1 Å². The normalized spacial score (nSPS) is 26.5. The molecule has 0 aromatic carbocycles. The Morgan fingerprint density at radius 1 is 1.21 bits per heavy atom. The van der Waals surface area contributed by atoms with Crippen LogP contribution in [0.4, 0.5) is 0 Å². The first kappa shape index (κ1) is 23.9. The van der Waals surface area contributed by atoms with Crippen LogP contribution in [0.1, 0.15) is 73.1 Å². The maximum Gasteiger partial charge on any atom is 0.246 e. The summed E-state index contributed by atoms with van der Waals surface area (Å²) in [5.74, 6) is 0.741. The molecule has 6 heteroatoms. The second-order valence-electron chi connectivity index (χ2n) is 9.81. The van der Waals surface area contributed by atoms with Gasteiger partial charge in [-0.1, -0.05) is 26.8 Å². The van der Waals surface area contributed by atoms with E-state index < -0.39 is 11.0 Å². The number of carbonyl (C=O) groups excluding carboxylic acids is 1.